The molecule has 26 heavy (non-hydrogen) atoms. The Morgan fingerprint density at radius 1 is 1.08 bits per heavy atom. The van der Waals surface area contributed by atoms with Gasteiger partial charge in [-0.15, -0.1) is 5.73 Å². The Kier molecular flexibility index (Phi) is 7.50. The molecule has 0 fully saturated rings. The van der Waals surface area contributed by atoms with Crippen LogP contribution in [0.5, 0.6) is 5.75 Å². The Morgan fingerprint density at radius 2 is 1.77 bits per heavy atom. The second-order valence-electron chi connectivity index (χ2n) is 6.62. The van der Waals surface area contributed by atoms with Gasteiger partial charge < -0.3 is 15.3 Å². The van der Waals surface area contributed by atoms with Gasteiger partial charge in [0.05, 0.1) is 17.2 Å². The normalized spacial score (nSPS) is 13.2. The van der Waals surface area contributed by atoms with E-state index in [0.717, 1.165) is 11.1 Å². The Hall–Kier alpha value is -2.03. The summed E-state index contributed by atoms with van der Waals surface area (Å²) in [6.07, 6.45) is 1.27. The van der Waals surface area contributed by atoms with Crippen molar-refractivity contribution in [1.29, 1.82) is 0 Å². The molecule has 0 saturated carbocycles. The first-order valence-corrected chi connectivity index (χ1v) is 9.09. The molecule has 2 rings (SSSR count). The number of phenolic OH excluding ortho intramolecular Hbond substituents is 1. The Labute approximate surface area is 159 Å². The fourth-order valence-electron chi connectivity index (χ4n) is 2.68. The van der Waals surface area contributed by atoms with Crippen molar-refractivity contribution < 1.29 is 15.3 Å². The van der Waals surface area contributed by atoms with Crippen molar-refractivity contribution in [3.63, 3.8) is 0 Å². The molecule has 0 bridgehead atoms. The second kappa shape index (κ2) is 9.61. The van der Waals surface area contributed by atoms with E-state index in [1.54, 1.807) is 12.1 Å². The molecule has 2 atom stereocenters. The van der Waals surface area contributed by atoms with Gasteiger partial charge in [0, 0.05) is 12.8 Å². The molecule has 0 aromatic heterocycles. The van der Waals surface area contributed by atoms with Crippen LogP contribution in [-0.4, -0.2) is 15.3 Å². The van der Waals surface area contributed by atoms with Crippen molar-refractivity contribution in [1.82, 2.24) is 0 Å². The summed E-state index contributed by atoms with van der Waals surface area (Å²) in [4.78, 5) is 0. The largest absolute Gasteiger partial charge is 0.508 e. The zero-order chi connectivity index (χ0) is 19.1. The van der Waals surface area contributed by atoms with Crippen LogP contribution < -0.4 is 0 Å². The number of aromatic hydroxyl groups is 1. The van der Waals surface area contributed by atoms with Crippen molar-refractivity contribution in [2.45, 2.75) is 38.9 Å². The van der Waals surface area contributed by atoms with Crippen LogP contribution in [0.15, 0.2) is 65.9 Å². The molecule has 2 aromatic rings. The highest BCUT2D eigenvalue weighted by atomic mass is 35.5. The van der Waals surface area contributed by atoms with Crippen LogP contribution in [0, 0.1) is 5.92 Å². The first kappa shape index (κ1) is 20.3. The van der Waals surface area contributed by atoms with Crippen LogP contribution in [0.1, 0.15) is 50.0 Å². The van der Waals surface area contributed by atoms with Gasteiger partial charge in [0.15, 0.2) is 0 Å². The highest BCUT2D eigenvalue weighted by Crippen LogP contribution is 2.29. The number of phenols is 1. The number of rotatable bonds is 7. The summed E-state index contributed by atoms with van der Waals surface area (Å²) >= 11 is 6.06. The van der Waals surface area contributed by atoms with Crippen LogP contribution >= 0.6 is 11.6 Å². The van der Waals surface area contributed by atoms with Crippen LogP contribution in [0.4, 0.5) is 0 Å². The molecule has 0 unspecified atom stereocenters. The van der Waals surface area contributed by atoms with Gasteiger partial charge in [-0.2, -0.15) is 0 Å². The number of hydrogen-bond acceptors (Lipinski definition) is 3. The molecule has 0 aliphatic carbocycles. The monoisotopic (exact) mass is 372 g/mol. The van der Waals surface area contributed by atoms with E-state index in [2.05, 4.69) is 19.6 Å². The molecule has 3 N–H and O–H groups in total. The fraction of sp³-hybridized carbons (Fsp3) is 0.318. The van der Waals surface area contributed by atoms with E-state index in [0.29, 0.717) is 23.4 Å². The lowest BCUT2D eigenvalue weighted by Gasteiger charge is -2.15. The molecular formula is C22H25ClO3. The maximum atomic E-state index is 10.4. The Balaban J connectivity index is 2.09. The number of benzene rings is 2. The number of halogens is 1. The lowest BCUT2D eigenvalue weighted by Crippen LogP contribution is -2.03. The molecule has 3 nitrogen and oxygen atoms in total. The second-order valence-corrected chi connectivity index (χ2v) is 7.02. The Morgan fingerprint density at radius 3 is 2.38 bits per heavy atom. The quantitative estimate of drug-likeness (QED) is 0.575. The predicted octanol–water partition coefficient (Wildman–Crippen LogP) is 5.33. The first-order valence-electron chi connectivity index (χ1n) is 8.72. The van der Waals surface area contributed by atoms with Crippen molar-refractivity contribution >= 4 is 11.6 Å². The zero-order valence-electron chi connectivity index (χ0n) is 15.1. The summed E-state index contributed by atoms with van der Waals surface area (Å²) < 4.78 is 0. The van der Waals surface area contributed by atoms with Gasteiger partial charge in [0.2, 0.25) is 0 Å². The van der Waals surface area contributed by atoms with E-state index in [1.165, 1.54) is 12.1 Å². The highest BCUT2D eigenvalue weighted by Gasteiger charge is 2.13. The smallest absolute Gasteiger partial charge is 0.117 e. The lowest BCUT2D eigenvalue weighted by molar-refractivity contribution is 0.175. The molecule has 0 saturated heterocycles. The van der Waals surface area contributed by atoms with E-state index in [1.807, 2.05) is 30.3 Å². The van der Waals surface area contributed by atoms with Crippen LogP contribution in [-0.2, 0) is 0 Å². The maximum absolute atomic E-state index is 10.4. The molecule has 0 radical (unpaired) electrons. The standard InChI is InChI=1S/C22H25ClO3/c1-15(2)17(13-22(26)16-7-4-3-5-8-16)9-6-10-21(25)19-12-11-18(24)14-20(19)23/h3-8,11-12,14-15,21-22,24-26H,10,13H2,1-2H3/t9?,21-,22-/m1/s1. The third kappa shape index (κ3) is 5.76. The minimum atomic E-state index is -0.775. The maximum Gasteiger partial charge on any atom is 0.117 e. The van der Waals surface area contributed by atoms with Crippen molar-refractivity contribution in [2.24, 2.45) is 5.92 Å². The number of aliphatic hydroxyl groups is 2. The van der Waals surface area contributed by atoms with Crippen LogP contribution in [0.3, 0.4) is 0 Å². The number of aliphatic hydroxyl groups excluding tert-OH is 2. The minimum Gasteiger partial charge on any atom is -0.508 e. The minimum absolute atomic E-state index is 0.0679. The van der Waals surface area contributed by atoms with Gasteiger partial charge in [-0.05, 0) is 40.8 Å². The SMILES string of the molecule is CC(C)C(=C=CC[C@@H](O)c1ccc(O)cc1Cl)C[C@@H](O)c1ccccc1. The summed E-state index contributed by atoms with van der Waals surface area (Å²) in [6, 6.07) is 14.1. The summed E-state index contributed by atoms with van der Waals surface area (Å²) in [5.74, 6) is 0.303. The topological polar surface area (TPSA) is 60.7 Å². The Bertz CT molecular complexity index is 777. The average molecular weight is 373 g/mol. The molecule has 0 aliphatic heterocycles. The van der Waals surface area contributed by atoms with Gasteiger partial charge >= 0.3 is 0 Å². The summed E-state index contributed by atoms with van der Waals surface area (Å²) in [5.41, 5.74) is 5.67. The molecule has 2 aromatic carbocycles. The molecule has 0 heterocycles. The van der Waals surface area contributed by atoms with Gasteiger partial charge in [-0.3, -0.25) is 0 Å². The van der Waals surface area contributed by atoms with Crippen LogP contribution in [0.2, 0.25) is 5.02 Å². The van der Waals surface area contributed by atoms with Gasteiger partial charge in [0.25, 0.3) is 0 Å². The van der Waals surface area contributed by atoms with E-state index >= 15 is 0 Å². The zero-order valence-corrected chi connectivity index (χ0v) is 15.8. The van der Waals surface area contributed by atoms with Crippen LogP contribution in [0.25, 0.3) is 0 Å². The molecule has 0 aliphatic rings. The van der Waals surface area contributed by atoms with Gasteiger partial charge in [-0.1, -0.05) is 61.8 Å². The highest BCUT2D eigenvalue weighted by molar-refractivity contribution is 6.31. The van der Waals surface area contributed by atoms with E-state index in [4.69, 9.17) is 11.6 Å². The molecular weight excluding hydrogens is 348 g/mol. The van der Waals surface area contributed by atoms with Crippen molar-refractivity contribution in [3.05, 3.63) is 82.1 Å². The third-order valence-electron chi connectivity index (χ3n) is 4.27. The summed E-state index contributed by atoms with van der Waals surface area (Å²) in [7, 11) is 0. The molecule has 0 spiro atoms. The van der Waals surface area contributed by atoms with Crippen molar-refractivity contribution in [2.75, 3.05) is 0 Å². The molecule has 0 amide bonds. The third-order valence-corrected chi connectivity index (χ3v) is 4.59. The van der Waals surface area contributed by atoms with E-state index in [9.17, 15) is 15.3 Å². The van der Waals surface area contributed by atoms with E-state index in [-0.39, 0.29) is 11.7 Å². The van der Waals surface area contributed by atoms with Gasteiger partial charge in [0.1, 0.15) is 5.75 Å². The number of hydrogen-bond donors (Lipinski definition) is 3. The summed E-state index contributed by atoms with van der Waals surface area (Å²) in [6.45, 7) is 4.11. The van der Waals surface area contributed by atoms with Gasteiger partial charge in [-0.25, -0.2) is 0 Å². The van der Waals surface area contributed by atoms with Crippen molar-refractivity contribution in [3.8, 4) is 5.75 Å². The fourth-order valence-corrected chi connectivity index (χ4v) is 2.98. The predicted molar refractivity (Wildman–Crippen MR) is 105 cm³/mol. The average Bonchev–Trinajstić information content (AvgIpc) is 2.61. The lowest BCUT2D eigenvalue weighted by atomic mass is 9.94. The van der Waals surface area contributed by atoms with E-state index < -0.39 is 12.2 Å². The summed E-state index contributed by atoms with van der Waals surface area (Å²) in [5, 5.41) is 30.5. The molecule has 138 valence electrons. The first-order chi connectivity index (χ1) is 12.4. The molecule has 4 heteroatoms.